The Labute approximate surface area is 139 Å². The summed E-state index contributed by atoms with van der Waals surface area (Å²) in [6.45, 7) is 1.92. The Morgan fingerprint density at radius 2 is 1.55 bits per heavy atom. The Morgan fingerprint density at radius 3 is 2.14 bits per heavy atom. The van der Waals surface area contributed by atoms with Crippen LogP contribution in [0.5, 0.6) is 0 Å². The molecular formula is C16H16O3S3. The standard InChI is InChI=1S/C16H16O3S3/c1-13-7-9-15(10-8-13)22(17,18)19-16(20-11-12-21-16)14-5-3-2-4-6-14/h2-10H,11-12H2,1H3. The smallest absolute Gasteiger partial charge is 0.232 e. The summed E-state index contributed by atoms with van der Waals surface area (Å²) in [4.78, 5) is 0.196. The Balaban J connectivity index is 1.96. The molecular weight excluding hydrogens is 336 g/mol. The highest BCUT2D eigenvalue weighted by molar-refractivity contribution is 8.20. The number of hydrogen-bond acceptors (Lipinski definition) is 5. The molecule has 1 fully saturated rings. The second-order valence-corrected chi connectivity index (χ2v) is 9.32. The van der Waals surface area contributed by atoms with Crippen molar-refractivity contribution >= 4 is 33.6 Å². The van der Waals surface area contributed by atoms with Crippen LogP contribution in [0.3, 0.4) is 0 Å². The molecule has 0 unspecified atom stereocenters. The Bertz CT molecular complexity index is 734. The topological polar surface area (TPSA) is 43.4 Å². The first-order chi connectivity index (χ1) is 10.5. The lowest BCUT2D eigenvalue weighted by molar-refractivity contribution is 0.269. The molecule has 1 heterocycles. The summed E-state index contributed by atoms with van der Waals surface area (Å²) in [7, 11) is -3.81. The fourth-order valence-corrected chi connectivity index (χ4v) is 6.71. The normalized spacial score (nSPS) is 17.5. The van der Waals surface area contributed by atoms with Crippen molar-refractivity contribution in [1.82, 2.24) is 0 Å². The molecule has 1 aliphatic rings. The van der Waals surface area contributed by atoms with Gasteiger partial charge in [-0.25, -0.2) is 4.18 Å². The van der Waals surface area contributed by atoms with E-state index in [0.717, 1.165) is 22.6 Å². The van der Waals surface area contributed by atoms with Crippen LogP contribution in [0.1, 0.15) is 11.1 Å². The maximum Gasteiger partial charge on any atom is 0.299 e. The summed E-state index contributed by atoms with van der Waals surface area (Å²) < 4.78 is 30.1. The van der Waals surface area contributed by atoms with Crippen molar-refractivity contribution < 1.29 is 12.6 Å². The quantitative estimate of drug-likeness (QED) is 0.779. The van der Waals surface area contributed by atoms with Crippen molar-refractivity contribution in [3.05, 3.63) is 65.7 Å². The van der Waals surface area contributed by atoms with Gasteiger partial charge >= 0.3 is 0 Å². The van der Waals surface area contributed by atoms with Crippen LogP contribution in [0.4, 0.5) is 0 Å². The van der Waals surface area contributed by atoms with Gasteiger partial charge in [-0.1, -0.05) is 48.0 Å². The number of hydrogen-bond donors (Lipinski definition) is 0. The largest absolute Gasteiger partial charge is 0.299 e. The van der Waals surface area contributed by atoms with E-state index >= 15 is 0 Å². The summed E-state index contributed by atoms with van der Waals surface area (Å²) in [5.41, 5.74) is 1.89. The molecule has 1 aliphatic heterocycles. The van der Waals surface area contributed by atoms with Gasteiger partial charge in [0.15, 0.2) is 0 Å². The first-order valence-corrected chi connectivity index (χ1v) is 10.3. The second kappa shape index (κ2) is 6.28. The molecule has 0 saturated carbocycles. The Hall–Kier alpha value is -0.950. The van der Waals surface area contributed by atoms with Gasteiger partial charge in [0, 0.05) is 17.1 Å². The van der Waals surface area contributed by atoms with E-state index in [9.17, 15) is 8.42 Å². The van der Waals surface area contributed by atoms with E-state index < -0.39 is 14.4 Å². The zero-order valence-corrected chi connectivity index (χ0v) is 14.5. The van der Waals surface area contributed by atoms with E-state index in [2.05, 4.69) is 0 Å². The van der Waals surface area contributed by atoms with E-state index in [1.165, 1.54) is 23.5 Å². The van der Waals surface area contributed by atoms with Gasteiger partial charge in [0.25, 0.3) is 10.1 Å². The van der Waals surface area contributed by atoms with E-state index in [1.54, 1.807) is 24.3 Å². The molecule has 1 saturated heterocycles. The van der Waals surface area contributed by atoms with Gasteiger partial charge in [0.2, 0.25) is 4.27 Å². The third-order valence-corrected chi connectivity index (χ3v) is 8.03. The summed E-state index contributed by atoms with van der Waals surface area (Å²) >= 11 is 3.06. The van der Waals surface area contributed by atoms with Gasteiger partial charge in [0.1, 0.15) is 0 Å². The molecule has 0 amide bonds. The van der Waals surface area contributed by atoms with Crippen LogP contribution < -0.4 is 0 Å². The monoisotopic (exact) mass is 352 g/mol. The van der Waals surface area contributed by atoms with E-state index in [1.807, 2.05) is 37.3 Å². The molecule has 0 bridgehead atoms. The highest BCUT2D eigenvalue weighted by Crippen LogP contribution is 2.54. The van der Waals surface area contributed by atoms with Gasteiger partial charge < -0.3 is 0 Å². The molecule has 3 nitrogen and oxygen atoms in total. The average molecular weight is 353 g/mol. The second-order valence-electron chi connectivity index (χ2n) is 4.97. The highest BCUT2D eigenvalue weighted by atomic mass is 32.2. The molecule has 0 aromatic heterocycles. The van der Waals surface area contributed by atoms with Crippen molar-refractivity contribution in [2.24, 2.45) is 0 Å². The van der Waals surface area contributed by atoms with Crippen molar-refractivity contribution in [2.75, 3.05) is 11.5 Å². The van der Waals surface area contributed by atoms with E-state index in [-0.39, 0.29) is 4.90 Å². The number of rotatable bonds is 4. The zero-order valence-electron chi connectivity index (χ0n) is 12.1. The Kier molecular flexibility index (Phi) is 4.54. The molecule has 0 aliphatic carbocycles. The Morgan fingerprint density at radius 1 is 0.955 bits per heavy atom. The number of aryl methyl sites for hydroxylation is 1. The van der Waals surface area contributed by atoms with Crippen LogP contribution in [0.2, 0.25) is 0 Å². The van der Waals surface area contributed by atoms with Gasteiger partial charge in [-0.05, 0) is 19.1 Å². The molecule has 0 spiro atoms. The molecule has 6 heteroatoms. The lowest BCUT2D eigenvalue weighted by atomic mass is 10.2. The first-order valence-electron chi connectivity index (χ1n) is 6.88. The van der Waals surface area contributed by atoms with Gasteiger partial charge in [-0.15, -0.1) is 23.5 Å². The SMILES string of the molecule is Cc1ccc(S(=O)(=O)OC2(c3ccccc3)SCCS2)cc1. The predicted molar refractivity (Wildman–Crippen MR) is 92.5 cm³/mol. The molecule has 2 aromatic rings. The fourth-order valence-electron chi connectivity index (χ4n) is 2.20. The van der Waals surface area contributed by atoms with Gasteiger partial charge in [-0.3, -0.25) is 0 Å². The summed E-state index contributed by atoms with van der Waals surface area (Å²) in [6, 6.07) is 16.3. The van der Waals surface area contributed by atoms with E-state index in [0.29, 0.717) is 0 Å². The van der Waals surface area contributed by atoms with Crippen molar-refractivity contribution in [2.45, 2.75) is 16.1 Å². The lowest BCUT2D eigenvalue weighted by Gasteiger charge is -2.27. The third-order valence-electron chi connectivity index (χ3n) is 3.32. The minimum Gasteiger partial charge on any atom is -0.232 e. The van der Waals surface area contributed by atoms with Crippen LogP contribution >= 0.6 is 23.5 Å². The van der Waals surface area contributed by atoms with Crippen LogP contribution in [-0.4, -0.2) is 19.9 Å². The molecule has 116 valence electrons. The maximum atomic E-state index is 12.6. The highest BCUT2D eigenvalue weighted by Gasteiger charge is 2.43. The van der Waals surface area contributed by atoms with Crippen molar-refractivity contribution in [3.8, 4) is 0 Å². The van der Waals surface area contributed by atoms with Crippen LogP contribution in [0.15, 0.2) is 59.5 Å². The van der Waals surface area contributed by atoms with Crippen molar-refractivity contribution in [3.63, 3.8) is 0 Å². The average Bonchev–Trinajstić information content (AvgIpc) is 2.98. The number of benzene rings is 2. The van der Waals surface area contributed by atoms with Crippen molar-refractivity contribution in [1.29, 1.82) is 0 Å². The van der Waals surface area contributed by atoms with Crippen LogP contribution in [0, 0.1) is 6.92 Å². The molecule has 3 rings (SSSR count). The molecule has 0 atom stereocenters. The number of thioether (sulfide) groups is 2. The van der Waals surface area contributed by atoms with Gasteiger partial charge in [-0.2, -0.15) is 8.42 Å². The lowest BCUT2D eigenvalue weighted by Crippen LogP contribution is -2.24. The summed E-state index contributed by atoms with van der Waals surface area (Å²) in [5.74, 6) is 1.73. The molecule has 0 radical (unpaired) electrons. The first kappa shape index (κ1) is 15.9. The molecule has 2 aromatic carbocycles. The van der Waals surface area contributed by atoms with Crippen LogP contribution in [-0.2, 0) is 18.6 Å². The minimum atomic E-state index is -3.81. The molecule has 22 heavy (non-hydrogen) atoms. The van der Waals surface area contributed by atoms with Gasteiger partial charge in [0.05, 0.1) is 4.90 Å². The predicted octanol–water partition coefficient (Wildman–Crippen LogP) is 3.99. The van der Waals surface area contributed by atoms with Crippen LogP contribution in [0.25, 0.3) is 0 Å². The third kappa shape index (κ3) is 3.20. The summed E-state index contributed by atoms with van der Waals surface area (Å²) in [5, 5.41) is 0. The fraction of sp³-hybridized carbons (Fsp3) is 0.250. The zero-order chi connectivity index (χ0) is 15.6. The minimum absolute atomic E-state index is 0.196. The van der Waals surface area contributed by atoms with E-state index in [4.69, 9.17) is 4.18 Å². The maximum absolute atomic E-state index is 12.6. The molecule has 0 N–H and O–H groups in total. The summed E-state index contributed by atoms with van der Waals surface area (Å²) in [6.07, 6.45) is 0.